The van der Waals surface area contributed by atoms with Crippen LogP contribution in [0.5, 0.6) is 0 Å². The van der Waals surface area contributed by atoms with E-state index in [2.05, 4.69) is 36.0 Å². The van der Waals surface area contributed by atoms with Crippen molar-refractivity contribution in [2.45, 2.75) is 46.6 Å². The van der Waals surface area contributed by atoms with Gasteiger partial charge >= 0.3 is 0 Å². The molecule has 1 aliphatic carbocycles. The van der Waals surface area contributed by atoms with Crippen LogP contribution in [0.15, 0.2) is 4.99 Å². The van der Waals surface area contributed by atoms with Gasteiger partial charge in [-0.1, -0.05) is 20.8 Å². The number of aryl methyl sites for hydroxylation is 1. The lowest BCUT2D eigenvalue weighted by molar-refractivity contribution is -0.118. The van der Waals surface area contributed by atoms with Crippen LogP contribution < -0.4 is 5.32 Å². The van der Waals surface area contributed by atoms with E-state index in [0.29, 0.717) is 12.0 Å². The first-order chi connectivity index (χ1) is 9.91. The third-order valence-corrected chi connectivity index (χ3v) is 6.24. The van der Waals surface area contributed by atoms with Gasteiger partial charge in [0.15, 0.2) is 0 Å². The summed E-state index contributed by atoms with van der Waals surface area (Å²) < 4.78 is 0. The van der Waals surface area contributed by atoms with Gasteiger partial charge in [0.2, 0.25) is 11.9 Å². The Morgan fingerprint density at radius 3 is 2.77 bits per heavy atom. The highest BCUT2D eigenvalue weighted by atomic mass is 35.5. The molecule has 3 heterocycles. The number of thiophene rings is 1. The first-order valence-corrected chi connectivity index (χ1v) is 8.50. The summed E-state index contributed by atoms with van der Waals surface area (Å²) in [5, 5.41) is 3.98. The summed E-state index contributed by atoms with van der Waals surface area (Å²) >= 11 is 1.84. The van der Waals surface area contributed by atoms with Gasteiger partial charge in [-0.2, -0.15) is 0 Å². The smallest absolute Gasteiger partial charge is 0.246 e. The molecule has 2 aliphatic heterocycles. The molecule has 0 saturated carbocycles. The maximum atomic E-state index is 11.5. The number of guanidine groups is 1. The fourth-order valence-corrected chi connectivity index (χ4v) is 4.86. The lowest BCUT2D eigenvalue weighted by Gasteiger charge is -2.34. The van der Waals surface area contributed by atoms with E-state index in [9.17, 15) is 4.79 Å². The van der Waals surface area contributed by atoms with Crippen LogP contribution in [0.2, 0.25) is 0 Å². The number of hydrogen-bond acceptors (Lipinski definition) is 4. The highest BCUT2D eigenvalue weighted by Gasteiger charge is 2.36. The summed E-state index contributed by atoms with van der Waals surface area (Å²) in [4.78, 5) is 19.8. The van der Waals surface area contributed by atoms with E-state index >= 15 is 0 Å². The van der Waals surface area contributed by atoms with Crippen molar-refractivity contribution in [1.82, 2.24) is 10.2 Å². The molecule has 1 fully saturated rings. The number of hydrogen-bond donors (Lipinski definition) is 1. The van der Waals surface area contributed by atoms with Gasteiger partial charge in [-0.15, -0.1) is 23.7 Å². The van der Waals surface area contributed by atoms with Gasteiger partial charge in [0.05, 0.1) is 0 Å². The lowest BCUT2D eigenvalue weighted by Crippen LogP contribution is -2.32. The molecule has 0 spiro atoms. The Labute approximate surface area is 141 Å². The van der Waals surface area contributed by atoms with Crippen LogP contribution in [-0.2, 0) is 24.2 Å². The molecule has 1 N–H and O–H groups in total. The summed E-state index contributed by atoms with van der Waals surface area (Å²) in [5.41, 5.74) is 3.27. The molecular formula is C16H22ClN3OS. The first kappa shape index (κ1) is 15.8. The minimum atomic E-state index is 0. The third kappa shape index (κ3) is 2.44. The summed E-state index contributed by atoms with van der Waals surface area (Å²) in [6.07, 6.45) is 3.64. The molecule has 1 amide bonds. The van der Waals surface area contributed by atoms with E-state index < -0.39 is 0 Å². The summed E-state index contributed by atoms with van der Waals surface area (Å²) in [6, 6.07) is 0. The second-order valence-corrected chi connectivity index (χ2v) is 8.52. The van der Waals surface area contributed by atoms with Crippen LogP contribution in [0, 0.1) is 11.3 Å². The molecule has 0 aromatic carbocycles. The van der Waals surface area contributed by atoms with Crippen molar-refractivity contribution in [3.8, 4) is 0 Å². The maximum Gasteiger partial charge on any atom is 0.246 e. The number of nitrogens with one attached hydrogen (secondary N) is 1. The van der Waals surface area contributed by atoms with Crippen molar-refractivity contribution in [1.29, 1.82) is 0 Å². The molecule has 1 aromatic rings. The average molecular weight is 340 g/mol. The predicted molar refractivity (Wildman–Crippen MR) is 92.2 cm³/mol. The highest BCUT2D eigenvalue weighted by molar-refractivity contribution is 7.16. The Kier molecular flexibility index (Phi) is 3.76. The van der Waals surface area contributed by atoms with Gasteiger partial charge < -0.3 is 4.90 Å². The van der Waals surface area contributed by atoms with E-state index in [0.717, 1.165) is 23.4 Å². The molecule has 0 radical (unpaired) electrons. The number of carbonyl (C=O) groups excluding carboxylic acids is 1. The van der Waals surface area contributed by atoms with Crippen molar-refractivity contribution in [2.24, 2.45) is 16.3 Å². The minimum Gasteiger partial charge on any atom is -0.329 e. The molecule has 1 saturated heterocycles. The molecule has 1 unspecified atom stereocenters. The van der Waals surface area contributed by atoms with E-state index in [-0.39, 0.29) is 18.3 Å². The normalized spacial score (nSPS) is 23.0. The van der Waals surface area contributed by atoms with E-state index in [1.54, 1.807) is 0 Å². The fraction of sp³-hybridized carbons (Fsp3) is 0.625. The number of halogens is 1. The standard InChI is InChI=1S/C16H21N3OS.ClH/c1-16(2,3)9-4-5-12-10(6-9)11-7-19-8-13(20)17-15(19)18-14(11)21-12;/h9H,4-8H2,1-3H3,(H,17,18,20);1H. The quantitative estimate of drug-likeness (QED) is 0.788. The monoisotopic (exact) mass is 339 g/mol. The number of rotatable bonds is 0. The van der Waals surface area contributed by atoms with Crippen molar-refractivity contribution < 1.29 is 4.79 Å². The largest absolute Gasteiger partial charge is 0.329 e. The highest BCUT2D eigenvalue weighted by Crippen LogP contribution is 2.46. The van der Waals surface area contributed by atoms with Crippen molar-refractivity contribution in [3.63, 3.8) is 0 Å². The van der Waals surface area contributed by atoms with Crippen molar-refractivity contribution in [2.75, 3.05) is 6.54 Å². The molecule has 3 aliphatic rings. The van der Waals surface area contributed by atoms with Crippen LogP contribution >= 0.6 is 23.7 Å². The van der Waals surface area contributed by atoms with Crippen molar-refractivity contribution in [3.05, 3.63) is 16.0 Å². The topological polar surface area (TPSA) is 44.7 Å². The predicted octanol–water partition coefficient (Wildman–Crippen LogP) is 3.25. The fourth-order valence-electron chi connectivity index (χ4n) is 3.63. The summed E-state index contributed by atoms with van der Waals surface area (Å²) in [5.74, 6) is 1.55. The van der Waals surface area contributed by atoms with E-state index in [1.165, 1.54) is 35.3 Å². The Balaban J connectivity index is 0.00000144. The van der Waals surface area contributed by atoms with Crippen LogP contribution in [0.3, 0.4) is 0 Å². The Morgan fingerprint density at radius 2 is 2.05 bits per heavy atom. The molecule has 0 bridgehead atoms. The van der Waals surface area contributed by atoms with Gasteiger partial charge in [0.1, 0.15) is 11.5 Å². The molecule has 4 rings (SSSR count). The lowest BCUT2D eigenvalue weighted by atomic mass is 9.71. The maximum absolute atomic E-state index is 11.5. The SMILES string of the molecule is CC(C)(C)C1CCc2sc3c(c2C1)CN1CC(=O)NC1=N3.Cl. The zero-order chi connectivity index (χ0) is 14.8. The molecule has 120 valence electrons. The van der Waals surface area contributed by atoms with E-state index in [4.69, 9.17) is 0 Å². The Hall–Kier alpha value is -1.07. The van der Waals surface area contributed by atoms with Gasteiger partial charge in [-0.3, -0.25) is 10.1 Å². The zero-order valence-electron chi connectivity index (χ0n) is 13.2. The molecule has 22 heavy (non-hydrogen) atoms. The number of aliphatic imine (C=N–C) groups is 1. The second-order valence-electron chi connectivity index (χ2n) is 7.43. The Bertz CT molecular complexity index is 659. The zero-order valence-corrected chi connectivity index (χ0v) is 14.9. The molecule has 4 nitrogen and oxygen atoms in total. The molecule has 1 aromatic heterocycles. The van der Waals surface area contributed by atoms with Gasteiger partial charge in [-0.05, 0) is 36.2 Å². The summed E-state index contributed by atoms with van der Waals surface area (Å²) in [7, 11) is 0. The van der Waals surface area contributed by atoms with E-state index in [1.807, 2.05) is 11.3 Å². The molecule has 6 heteroatoms. The average Bonchev–Trinajstić information content (AvgIpc) is 2.92. The second kappa shape index (κ2) is 5.24. The minimum absolute atomic E-state index is 0. The van der Waals surface area contributed by atoms with Crippen LogP contribution in [-0.4, -0.2) is 23.3 Å². The first-order valence-electron chi connectivity index (χ1n) is 7.69. The number of amides is 1. The molecular weight excluding hydrogens is 318 g/mol. The van der Waals surface area contributed by atoms with Crippen molar-refractivity contribution >= 4 is 40.6 Å². The van der Waals surface area contributed by atoms with Gasteiger partial charge in [0, 0.05) is 17.0 Å². The van der Waals surface area contributed by atoms with Gasteiger partial charge in [-0.25, -0.2) is 4.99 Å². The third-order valence-electron chi connectivity index (χ3n) is 5.02. The van der Waals surface area contributed by atoms with Crippen LogP contribution in [0.1, 0.15) is 43.2 Å². The summed E-state index contributed by atoms with van der Waals surface area (Å²) in [6.45, 7) is 8.34. The number of nitrogens with zero attached hydrogens (tertiary/aromatic N) is 2. The molecule has 1 atom stereocenters. The van der Waals surface area contributed by atoms with Gasteiger partial charge in [0.25, 0.3) is 0 Å². The number of fused-ring (bicyclic) bond motifs is 4. The van der Waals surface area contributed by atoms with Crippen LogP contribution in [0.4, 0.5) is 5.00 Å². The number of carbonyl (C=O) groups is 1. The van der Waals surface area contributed by atoms with Crippen LogP contribution in [0.25, 0.3) is 0 Å². The Morgan fingerprint density at radius 1 is 1.27 bits per heavy atom.